The molecule has 4 heterocycles. The molecule has 0 spiro atoms. The van der Waals surface area contributed by atoms with Gasteiger partial charge in [-0.15, -0.1) is 11.3 Å². The van der Waals surface area contributed by atoms with Gasteiger partial charge in [0.1, 0.15) is 9.88 Å². The van der Waals surface area contributed by atoms with Crippen molar-refractivity contribution < 1.29 is 13.7 Å². The average molecular weight is 359 g/mol. The molecule has 0 atom stereocenters. The van der Waals surface area contributed by atoms with Crippen LogP contribution in [0, 0.1) is 0 Å². The van der Waals surface area contributed by atoms with E-state index in [1.165, 1.54) is 30.4 Å². The Morgan fingerprint density at radius 2 is 2.24 bits per heavy atom. The number of nitrogens with zero attached hydrogens (tertiary/aromatic N) is 4. The second-order valence-electron chi connectivity index (χ2n) is 5.78. The van der Waals surface area contributed by atoms with Crippen LogP contribution in [0.15, 0.2) is 33.5 Å². The summed E-state index contributed by atoms with van der Waals surface area (Å²) in [5.41, 5.74) is 0. The van der Waals surface area contributed by atoms with Crippen LogP contribution in [0.3, 0.4) is 0 Å². The normalized spacial score (nSPS) is 14.9. The molecule has 25 heavy (non-hydrogen) atoms. The maximum atomic E-state index is 12.2. The van der Waals surface area contributed by atoms with Gasteiger partial charge in [0.25, 0.3) is 11.8 Å². The molecule has 1 aliphatic rings. The third kappa shape index (κ3) is 3.77. The Kier molecular flexibility index (Phi) is 4.57. The van der Waals surface area contributed by atoms with Crippen molar-refractivity contribution in [3.05, 3.63) is 40.3 Å². The van der Waals surface area contributed by atoms with Crippen LogP contribution in [-0.4, -0.2) is 39.0 Å². The number of hydrogen-bond acceptors (Lipinski definition) is 8. The Hall–Kier alpha value is -2.52. The molecule has 9 heteroatoms. The third-order valence-corrected chi connectivity index (χ3v) is 4.92. The maximum absolute atomic E-state index is 12.2. The predicted octanol–water partition coefficient (Wildman–Crippen LogP) is 2.31. The SMILES string of the molecule is O=C(NCc1noc(-c2ccco2)n1)c1cnc(CN2CCCC2)s1. The Morgan fingerprint density at radius 3 is 3.04 bits per heavy atom. The van der Waals surface area contributed by atoms with Gasteiger partial charge in [0.05, 0.1) is 25.5 Å². The second-order valence-corrected chi connectivity index (χ2v) is 6.89. The van der Waals surface area contributed by atoms with Crippen LogP contribution in [0.4, 0.5) is 0 Å². The standard InChI is InChI=1S/C16H17N5O3S/c22-15(12-8-17-14(25-12)10-21-5-1-2-6-21)18-9-13-19-16(24-20-13)11-4-3-7-23-11/h3-4,7-8H,1-2,5-6,9-10H2,(H,18,22). The molecule has 0 aliphatic carbocycles. The molecule has 0 unspecified atom stereocenters. The molecule has 0 bridgehead atoms. The molecule has 4 rings (SSSR count). The van der Waals surface area contributed by atoms with Crippen LogP contribution in [0.25, 0.3) is 11.7 Å². The second kappa shape index (κ2) is 7.16. The maximum Gasteiger partial charge on any atom is 0.293 e. The van der Waals surface area contributed by atoms with Crippen molar-refractivity contribution in [2.75, 3.05) is 13.1 Å². The van der Waals surface area contributed by atoms with Gasteiger partial charge in [-0.25, -0.2) is 4.98 Å². The van der Waals surface area contributed by atoms with Gasteiger partial charge in [-0.3, -0.25) is 9.69 Å². The summed E-state index contributed by atoms with van der Waals surface area (Å²) in [6, 6.07) is 3.47. The van der Waals surface area contributed by atoms with Crippen LogP contribution < -0.4 is 5.32 Å². The number of carbonyl (C=O) groups excluding carboxylic acids is 1. The van der Waals surface area contributed by atoms with Gasteiger partial charge in [0, 0.05) is 0 Å². The monoisotopic (exact) mass is 359 g/mol. The highest BCUT2D eigenvalue weighted by Gasteiger charge is 2.17. The molecule has 1 aliphatic heterocycles. The Bertz CT molecular complexity index is 836. The molecule has 1 saturated heterocycles. The van der Waals surface area contributed by atoms with Gasteiger partial charge < -0.3 is 14.3 Å². The fourth-order valence-electron chi connectivity index (χ4n) is 2.69. The van der Waals surface area contributed by atoms with E-state index in [1.807, 2.05) is 0 Å². The smallest absolute Gasteiger partial charge is 0.293 e. The largest absolute Gasteiger partial charge is 0.459 e. The van der Waals surface area contributed by atoms with Crippen LogP contribution in [0.5, 0.6) is 0 Å². The highest BCUT2D eigenvalue weighted by molar-refractivity contribution is 7.13. The zero-order valence-corrected chi connectivity index (χ0v) is 14.3. The van der Waals surface area contributed by atoms with Gasteiger partial charge in [0.2, 0.25) is 0 Å². The van der Waals surface area contributed by atoms with Crippen LogP contribution in [0.2, 0.25) is 0 Å². The minimum Gasteiger partial charge on any atom is -0.459 e. The number of hydrogen-bond donors (Lipinski definition) is 1. The van der Waals surface area contributed by atoms with Crippen molar-refractivity contribution in [1.29, 1.82) is 0 Å². The van der Waals surface area contributed by atoms with E-state index in [4.69, 9.17) is 8.94 Å². The summed E-state index contributed by atoms with van der Waals surface area (Å²) in [5, 5.41) is 7.58. The Balaban J connectivity index is 1.32. The van der Waals surface area contributed by atoms with Gasteiger partial charge in [0.15, 0.2) is 11.6 Å². The molecule has 0 aromatic carbocycles. The number of nitrogens with one attached hydrogen (secondary N) is 1. The predicted molar refractivity (Wildman–Crippen MR) is 89.8 cm³/mol. The first-order valence-corrected chi connectivity index (χ1v) is 8.91. The average Bonchev–Trinajstić information content (AvgIpc) is 3.39. The van der Waals surface area contributed by atoms with E-state index in [9.17, 15) is 4.79 Å². The minimum absolute atomic E-state index is 0.183. The molecule has 0 radical (unpaired) electrons. The lowest BCUT2D eigenvalue weighted by molar-refractivity contribution is 0.0953. The highest BCUT2D eigenvalue weighted by atomic mass is 32.1. The number of rotatable bonds is 6. The molecular formula is C16H17N5O3S. The van der Waals surface area contributed by atoms with Gasteiger partial charge >= 0.3 is 0 Å². The summed E-state index contributed by atoms with van der Waals surface area (Å²) < 4.78 is 10.3. The van der Waals surface area contributed by atoms with Gasteiger partial charge in [-0.2, -0.15) is 4.98 Å². The Labute approximate surface area is 147 Å². The van der Waals surface area contributed by atoms with E-state index in [0.29, 0.717) is 22.4 Å². The molecule has 130 valence electrons. The number of furan rings is 1. The number of likely N-dealkylation sites (tertiary alicyclic amines) is 1. The first-order valence-electron chi connectivity index (χ1n) is 8.09. The molecular weight excluding hydrogens is 342 g/mol. The van der Waals surface area contributed by atoms with E-state index in [-0.39, 0.29) is 12.5 Å². The van der Waals surface area contributed by atoms with Crippen molar-refractivity contribution >= 4 is 17.2 Å². The lowest BCUT2D eigenvalue weighted by Gasteiger charge is -2.11. The molecule has 1 N–H and O–H groups in total. The summed E-state index contributed by atoms with van der Waals surface area (Å²) in [6.07, 6.45) is 5.63. The van der Waals surface area contributed by atoms with Crippen LogP contribution in [0.1, 0.15) is 33.3 Å². The van der Waals surface area contributed by atoms with Crippen LogP contribution in [-0.2, 0) is 13.1 Å². The molecule has 8 nitrogen and oxygen atoms in total. The molecule has 3 aromatic heterocycles. The number of carbonyl (C=O) groups is 1. The number of aromatic nitrogens is 3. The van der Waals surface area contributed by atoms with Gasteiger partial charge in [-0.05, 0) is 38.1 Å². The van der Waals surface area contributed by atoms with Crippen LogP contribution >= 0.6 is 11.3 Å². The third-order valence-electron chi connectivity index (χ3n) is 3.94. The van der Waals surface area contributed by atoms with Crippen molar-refractivity contribution in [3.63, 3.8) is 0 Å². The van der Waals surface area contributed by atoms with Crippen molar-refractivity contribution in [2.45, 2.75) is 25.9 Å². The van der Waals surface area contributed by atoms with E-state index in [2.05, 4.69) is 25.3 Å². The summed E-state index contributed by atoms with van der Waals surface area (Å²) >= 11 is 1.42. The number of thiazole rings is 1. The fraction of sp³-hybridized carbons (Fsp3) is 0.375. The summed E-state index contributed by atoms with van der Waals surface area (Å²) in [6.45, 7) is 3.21. The van der Waals surface area contributed by atoms with E-state index in [0.717, 1.165) is 24.6 Å². The zero-order valence-electron chi connectivity index (χ0n) is 13.5. The molecule has 0 saturated carbocycles. The quantitative estimate of drug-likeness (QED) is 0.721. The van der Waals surface area contributed by atoms with E-state index in [1.54, 1.807) is 18.3 Å². The van der Waals surface area contributed by atoms with Gasteiger partial charge in [-0.1, -0.05) is 5.16 Å². The lowest BCUT2D eigenvalue weighted by atomic mass is 10.4. The first kappa shape index (κ1) is 16.0. The molecule has 1 fully saturated rings. The van der Waals surface area contributed by atoms with E-state index < -0.39 is 0 Å². The lowest BCUT2D eigenvalue weighted by Crippen LogP contribution is -2.22. The first-order chi connectivity index (χ1) is 12.3. The van der Waals surface area contributed by atoms with Crippen molar-refractivity contribution in [3.8, 4) is 11.7 Å². The summed E-state index contributed by atoms with van der Waals surface area (Å²) in [5.74, 6) is 0.995. The number of amides is 1. The van der Waals surface area contributed by atoms with Crippen molar-refractivity contribution in [1.82, 2.24) is 25.3 Å². The topological polar surface area (TPSA) is 97.3 Å². The summed E-state index contributed by atoms with van der Waals surface area (Å²) in [4.78, 5) is 23.7. The Morgan fingerprint density at radius 1 is 1.36 bits per heavy atom. The zero-order chi connectivity index (χ0) is 17.1. The van der Waals surface area contributed by atoms with E-state index >= 15 is 0 Å². The minimum atomic E-state index is -0.186. The highest BCUT2D eigenvalue weighted by Crippen LogP contribution is 2.19. The summed E-state index contributed by atoms with van der Waals surface area (Å²) in [7, 11) is 0. The van der Waals surface area contributed by atoms with Crippen molar-refractivity contribution in [2.24, 2.45) is 0 Å². The molecule has 1 amide bonds. The fourth-order valence-corrected chi connectivity index (χ4v) is 3.57. The molecule has 3 aromatic rings.